The Morgan fingerprint density at radius 1 is 0.815 bits per heavy atom. The van der Waals surface area contributed by atoms with Crippen molar-refractivity contribution < 1.29 is 14.3 Å². The van der Waals surface area contributed by atoms with E-state index in [4.69, 9.17) is 10.5 Å². The second-order valence-electron chi connectivity index (χ2n) is 6.00. The van der Waals surface area contributed by atoms with Crippen molar-refractivity contribution >= 4 is 17.5 Å². The van der Waals surface area contributed by atoms with E-state index in [2.05, 4.69) is 17.4 Å². The summed E-state index contributed by atoms with van der Waals surface area (Å²) in [7, 11) is 0. The van der Waals surface area contributed by atoms with Crippen LogP contribution >= 0.6 is 0 Å². The van der Waals surface area contributed by atoms with Gasteiger partial charge in [0.15, 0.2) is 0 Å². The lowest BCUT2D eigenvalue weighted by molar-refractivity contribution is 0.0998. The fourth-order valence-electron chi connectivity index (χ4n) is 2.56. The molecule has 0 aliphatic rings. The Morgan fingerprint density at radius 3 is 2.07 bits per heavy atom. The number of anilines is 1. The van der Waals surface area contributed by atoms with E-state index in [0.717, 1.165) is 6.42 Å². The minimum Gasteiger partial charge on any atom is -0.493 e. The molecule has 3 rings (SSSR count). The van der Waals surface area contributed by atoms with Gasteiger partial charge in [-0.1, -0.05) is 30.3 Å². The first-order valence-corrected chi connectivity index (χ1v) is 8.60. The third kappa shape index (κ3) is 5.19. The summed E-state index contributed by atoms with van der Waals surface area (Å²) >= 11 is 0. The molecule has 3 N–H and O–H groups in total. The molecule has 0 atom stereocenters. The van der Waals surface area contributed by atoms with Gasteiger partial charge in [0.2, 0.25) is 5.91 Å². The van der Waals surface area contributed by atoms with Gasteiger partial charge in [0.25, 0.3) is 5.91 Å². The average Bonchev–Trinajstić information content (AvgIpc) is 2.70. The summed E-state index contributed by atoms with van der Waals surface area (Å²) in [6, 6.07) is 23.5. The predicted octanol–water partition coefficient (Wildman–Crippen LogP) is 3.66. The number of hydrogen-bond acceptors (Lipinski definition) is 3. The molecule has 0 aliphatic heterocycles. The Kier molecular flexibility index (Phi) is 5.84. The summed E-state index contributed by atoms with van der Waals surface area (Å²) in [5, 5.41) is 2.78. The van der Waals surface area contributed by atoms with Gasteiger partial charge in [-0.15, -0.1) is 0 Å². The highest BCUT2D eigenvalue weighted by atomic mass is 16.5. The minimum atomic E-state index is -0.504. The van der Waals surface area contributed by atoms with E-state index in [-0.39, 0.29) is 5.91 Å². The summed E-state index contributed by atoms with van der Waals surface area (Å²) < 4.78 is 5.72. The van der Waals surface area contributed by atoms with E-state index >= 15 is 0 Å². The van der Waals surface area contributed by atoms with Gasteiger partial charge in [0, 0.05) is 23.2 Å². The van der Waals surface area contributed by atoms with Crippen LogP contribution in [0.5, 0.6) is 5.75 Å². The number of benzene rings is 3. The van der Waals surface area contributed by atoms with Crippen molar-refractivity contribution in [1.29, 1.82) is 0 Å². The average molecular weight is 360 g/mol. The maximum atomic E-state index is 12.3. The lowest BCUT2D eigenvalue weighted by Crippen LogP contribution is -2.13. The van der Waals surface area contributed by atoms with Crippen molar-refractivity contribution in [2.75, 3.05) is 11.9 Å². The van der Waals surface area contributed by atoms with E-state index < -0.39 is 5.91 Å². The van der Waals surface area contributed by atoms with E-state index in [1.807, 2.05) is 18.2 Å². The van der Waals surface area contributed by atoms with E-state index in [9.17, 15) is 9.59 Å². The van der Waals surface area contributed by atoms with Crippen molar-refractivity contribution in [1.82, 2.24) is 0 Å². The zero-order chi connectivity index (χ0) is 19.1. The number of rotatable bonds is 7. The highest BCUT2D eigenvalue weighted by Gasteiger charge is 2.07. The van der Waals surface area contributed by atoms with E-state index in [1.165, 1.54) is 5.56 Å². The highest BCUT2D eigenvalue weighted by molar-refractivity contribution is 6.04. The third-order valence-electron chi connectivity index (χ3n) is 4.05. The van der Waals surface area contributed by atoms with Gasteiger partial charge in [-0.25, -0.2) is 0 Å². The molecule has 136 valence electrons. The Balaban J connectivity index is 1.53. The van der Waals surface area contributed by atoms with Crippen molar-refractivity contribution in [2.24, 2.45) is 5.73 Å². The molecule has 0 fully saturated rings. The molecule has 5 heteroatoms. The van der Waals surface area contributed by atoms with Crippen LogP contribution in [0, 0.1) is 0 Å². The largest absolute Gasteiger partial charge is 0.493 e. The molecule has 0 spiro atoms. The molecule has 0 unspecified atom stereocenters. The first kappa shape index (κ1) is 18.2. The topological polar surface area (TPSA) is 81.4 Å². The van der Waals surface area contributed by atoms with Gasteiger partial charge in [-0.3, -0.25) is 9.59 Å². The minimum absolute atomic E-state index is 0.238. The zero-order valence-corrected chi connectivity index (χ0v) is 14.7. The molecular weight excluding hydrogens is 340 g/mol. The lowest BCUT2D eigenvalue weighted by Gasteiger charge is -2.08. The maximum absolute atomic E-state index is 12.3. The van der Waals surface area contributed by atoms with Crippen molar-refractivity contribution in [3.8, 4) is 5.75 Å². The molecule has 2 amide bonds. The fourth-order valence-corrected chi connectivity index (χ4v) is 2.56. The van der Waals surface area contributed by atoms with Crippen LogP contribution < -0.4 is 15.8 Å². The molecule has 5 nitrogen and oxygen atoms in total. The van der Waals surface area contributed by atoms with Crippen molar-refractivity contribution in [3.63, 3.8) is 0 Å². The summed E-state index contributed by atoms with van der Waals surface area (Å²) in [4.78, 5) is 23.4. The van der Waals surface area contributed by atoms with Crippen LogP contribution in [0.3, 0.4) is 0 Å². The molecule has 0 bridgehead atoms. The quantitative estimate of drug-likeness (QED) is 0.675. The van der Waals surface area contributed by atoms with Crippen LogP contribution in [0.25, 0.3) is 0 Å². The molecule has 0 radical (unpaired) electrons. The van der Waals surface area contributed by atoms with E-state index in [0.29, 0.717) is 29.2 Å². The maximum Gasteiger partial charge on any atom is 0.255 e. The molecule has 3 aromatic carbocycles. The smallest absolute Gasteiger partial charge is 0.255 e. The zero-order valence-electron chi connectivity index (χ0n) is 14.7. The number of carbonyl (C=O) groups is 2. The molecule has 27 heavy (non-hydrogen) atoms. The molecule has 0 aromatic heterocycles. The third-order valence-corrected chi connectivity index (χ3v) is 4.05. The van der Waals surface area contributed by atoms with Gasteiger partial charge < -0.3 is 15.8 Å². The number of nitrogens with one attached hydrogen (secondary N) is 1. The van der Waals surface area contributed by atoms with Gasteiger partial charge >= 0.3 is 0 Å². The predicted molar refractivity (Wildman–Crippen MR) is 105 cm³/mol. The van der Waals surface area contributed by atoms with Crippen LogP contribution in [0.1, 0.15) is 26.3 Å². The van der Waals surface area contributed by atoms with Crippen LogP contribution in [-0.4, -0.2) is 18.4 Å². The second kappa shape index (κ2) is 8.67. The number of primary amides is 1. The Bertz CT molecular complexity index is 905. The van der Waals surface area contributed by atoms with E-state index in [1.54, 1.807) is 48.5 Å². The number of nitrogens with two attached hydrogens (primary N) is 1. The normalized spacial score (nSPS) is 10.2. The lowest BCUT2D eigenvalue weighted by atomic mass is 10.1. The Labute approximate surface area is 157 Å². The second-order valence-corrected chi connectivity index (χ2v) is 6.00. The van der Waals surface area contributed by atoms with Gasteiger partial charge in [-0.2, -0.15) is 0 Å². The highest BCUT2D eigenvalue weighted by Crippen LogP contribution is 2.15. The Morgan fingerprint density at radius 2 is 1.44 bits per heavy atom. The molecule has 0 saturated carbocycles. The molecule has 0 saturated heterocycles. The number of carbonyl (C=O) groups excluding carboxylic acids is 2. The summed E-state index contributed by atoms with van der Waals surface area (Å²) in [6.07, 6.45) is 0.824. The summed E-state index contributed by atoms with van der Waals surface area (Å²) in [6.45, 7) is 0.571. The Hall–Kier alpha value is -3.60. The first-order valence-electron chi connectivity index (χ1n) is 8.60. The summed E-state index contributed by atoms with van der Waals surface area (Å²) in [5.41, 5.74) is 7.92. The van der Waals surface area contributed by atoms with Crippen LogP contribution in [-0.2, 0) is 6.42 Å². The number of ether oxygens (including phenoxy) is 1. The van der Waals surface area contributed by atoms with Crippen LogP contribution in [0.15, 0.2) is 78.9 Å². The molecule has 0 aliphatic carbocycles. The standard InChI is InChI=1S/C22H20N2O3/c23-21(25)17-6-10-19(11-7-17)24-22(26)18-8-12-20(13-9-18)27-15-14-16-4-2-1-3-5-16/h1-13H,14-15H2,(H2,23,25)(H,24,26). The number of hydrogen-bond donors (Lipinski definition) is 2. The molecule has 3 aromatic rings. The van der Waals surface area contributed by atoms with Gasteiger partial charge in [-0.05, 0) is 54.1 Å². The monoisotopic (exact) mass is 360 g/mol. The summed E-state index contributed by atoms with van der Waals surface area (Å²) in [5.74, 6) is -0.0262. The molecule has 0 heterocycles. The number of amides is 2. The van der Waals surface area contributed by atoms with Gasteiger partial charge in [0.1, 0.15) is 5.75 Å². The van der Waals surface area contributed by atoms with Gasteiger partial charge in [0.05, 0.1) is 6.61 Å². The first-order chi connectivity index (χ1) is 13.1. The SMILES string of the molecule is NC(=O)c1ccc(NC(=O)c2ccc(OCCc3ccccc3)cc2)cc1. The van der Waals surface area contributed by atoms with Crippen molar-refractivity contribution in [2.45, 2.75) is 6.42 Å². The molecular formula is C22H20N2O3. The fraction of sp³-hybridized carbons (Fsp3) is 0.0909. The van der Waals surface area contributed by atoms with Crippen LogP contribution in [0.2, 0.25) is 0 Å². The van der Waals surface area contributed by atoms with Crippen LogP contribution in [0.4, 0.5) is 5.69 Å². The van der Waals surface area contributed by atoms with Crippen molar-refractivity contribution in [3.05, 3.63) is 95.6 Å².